The van der Waals surface area contributed by atoms with Crippen LogP contribution in [0.25, 0.3) is 0 Å². The molecule has 0 aromatic carbocycles. The first-order valence-corrected chi connectivity index (χ1v) is 6.85. The highest BCUT2D eigenvalue weighted by atomic mass is 16.3. The molecule has 0 radical (unpaired) electrons. The van der Waals surface area contributed by atoms with Crippen LogP contribution in [0.2, 0.25) is 0 Å². The first-order chi connectivity index (χ1) is 10.6. The number of aliphatic hydroxyl groups excluding tert-OH is 1. The Morgan fingerprint density at radius 3 is 2.91 bits per heavy atom. The predicted molar refractivity (Wildman–Crippen MR) is 83.4 cm³/mol. The Morgan fingerprint density at radius 2 is 2.32 bits per heavy atom. The second-order valence-corrected chi connectivity index (χ2v) is 4.77. The molecule has 0 saturated carbocycles. The van der Waals surface area contributed by atoms with Gasteiger partial charge in [-0.2, -0.15) is 5.10 Å². The van der Waals surface area contributed by atoms with Crippen LogP contribution >= 0.6 is 0 Å². The number of aryl methyl sites for hydroxylation is 1. The van der Waals surface area contributed by atoms with Gasteiger partial charge in [-0.25, -0.2) is 4.98 Å². The molecule has 7 nitrogen and oxygen atoms in total. The lowest BCUT2D eigenvalue weighted by Gasteiger charge is -2.11. The second-order valence-electron chi connectivity index (χ2n) is 4.77. The zero-order valence-corrected chi connectivity index (χ0v) is 12.4. The standard InChI is InChI=1S/C15H19N5O2/c1-3-6-16-15(22)11-4-5-14(17-7-11)18-9-13(21)12-8-19-20(2)10-12/h3-5,7-8,10,13,21H,1,6,9H2,2H3,(H,16,22)(H,17,18). The number of carbonyl (C=O) groups is 1. The average molecular weight is 301 g/mol. The number of hydrogen-bond donors (Lipinski definition) is 3. The third kappa shape index (κ3) is 4.16. The number of pyridine rings is 1. The molecule has 2 heterocycles. The summed E-state index contributed by atoms with van der Waals surface area (Å²) in [5.74, 6) is 0.387. The van der Waals surface area contributed by atoms with Crippen LogP contribution in [0.5, 0.6) is 0 Å². The lowest BCUT2D eigenvalue weighted by Crippen LogP contribution is -2.23. The molecule has 3 N–H and O–H groups in total. The summed E-state index contributed by atoms with van der Waals surface area (Å²) < 4.78 is 1.63. The van der Waals surface area contributed by atoms with Crippen molar-refractivity contribution in [2.24, 2.45) is 7.05 Å². The van der Waals surface area contributed by atoms with Gasteiger partial charge in [0.1, 0.15) is 5.82 Å². The summed E-state index contributed by atoms with van der Waals surface area (Å²) in [6.07, 6.45) is 5.80. The fourth-order valence-electron chi connectivity index (χ4n) is 1.83. The summed E-state index contributed by atoms with van der Waals surface area (Å²) in [6, 6.07) is 3.36. The van der Waals surface area contributed by atoms with Gasteiger partial charge in [-0.15, -0.1) is 6.58 Å². The SMILES string of the molecule is C=CCNC(=O)c1ccc(NCC(O)c2cnn(C)c2)nc1. The van der Waals surface area contributed by atoms with Gasteiger partial charge in [-0.3, -0.25) is 9.48 Å². The van der Waals surface area contributed by atoms with Crippen LogP contribution in [0.15, 0.2) is 43.4 Å². The number of nitrogens with zero attached hydrogens (tertiary/aromatic N) is 3. The summed E-state index contributed by atoms with van der Waals surface area (Å²) >= 11 is 0. The number of carbonyl (C=O) groups excluding carboxylic acids is 1. The lowest BCUT2D eigenvalue weighted by molar-refractivity contribution is 0.0957. The molecule has 0 fully saturated rings. The minimum Gasteiger partial charge on any atom is -0.386 e. The van der Waals surface area contributed by atoms with E-state index in [1.165, 1.54) is 6.20 Å². The van der Waals surface area contributed by atoms with Crippen LogP contribution in [0, 0.1) is 0 Å². The average Bonchev–Trinajstić information content (AvgIpc) is 2.97. The van der Waals surface area contributed by atoms with E-state index in [0.717, 1.165) is 5.56 Å². The molecule has 2 aromatic rings. The molecular weight excluding hydrogens is 282 g/mol. The maximum Gasteiger partial charge on any atom is 0.253 e. The van der Waals surface area contributed by atoms with E-state index >= 15 is 0 Å². The molecule has 1 atom stereocenters. The van der Waals surface area contributed by atoms with Crippen LogP contribution in [0.3, 0.4) is 0 Å². The Morgan fingerprint density at radius 1 is 1.50 bits per heavy atom. The Balaban J connectivity index is 1.88. The van der Waals surface area contributed by atoms with Gasteiger partial charge in [0, 0.05) is 38.1 Å². The van der Waals surface area contributed by atoms with Gasteiger partial charge in [-0.05, 0) is 12.1 Å². The summed E-state index contributed by atoms with van der Waals surface area (Å²) in [5.41, 5.74) is 1.20. The van der Waals surface area contributed by atoms with Crippen molar-refractivity contribution in [2.45, 2.75) is 6.10 Å². The smallest absolute Gasteiger partial charge is 0.253 e. The minimum atomic E-state index is -0.675. The first kappa shape index (κ1) is 15.7. The lowest BCUT2D eigenvalue weighted by atomic mass is 10.2. The van der Waals surface area contributed by atoms with Crippen molar-refractivity contribution in [1.82, 2.24) is 20.1 Å². The molecule has 0 spiro atoms. The molecule has 22 heavy (non-hydrogen) atoms. The zero-order valence-electron chi connectivity index (χ0n) is 12.4. The van der Waals surface area contributed by atoms with Gasteiger partial charge < -0.3 is 15.7 Å². The highest BCUT2D eigenvalue weighted by Gasteiger charge is 2.10. The molecule has 0 aliphatic heterocycles. The van der Waals surface area contributed by atoms with E-state index in [1.54, 1.807) is 42.3 Å². The maximum absolute atomic E-state index is 11.7. The van der Waals surface area contributed by atoms with Crippen LogP contribution in [-0.2, 0) is 7.05 Å². The minimum absolute atomic E-state index is 0.200. The second kappa shape index (κ2) is 7.37. The van der Waals surface area contributed by atoms with E-state index < -0.39 is 6.10 Å². The van der Waals surface area contributed by atoms with Crippen molar-refractivity contribution in [3.05, 3.63) is 54.5 Å². The zero-order chi connectivity index (χ0) is 15.9. The Hall–Kier alpha value is -2.67. The van der Waals surface area contributed by atoms with Crippen molar-refractivity contribution >= 4 is 11.7 Å². The van der Waals surface area contributed by atoms with Crippen molar-refractivity contribution in [1.29, 1.82) is 0 Å². The molecule has 2 aromatic heterocycles. The van der Waals surface area contributed by atoms with Gasteiger partial charge >= 0.3 is 0 Å². The van der Waals surface area contributed by atoms with Crippen LogP contribution < -0.4 is 10.6 Å². The number of nitrogens with one attached hydrogen (secondary N) is 2. The van der Waals surface area contributed by atoms with E-state index in [2.05, 4.69) is 27.3 Å². The Bertz CT molecular complexity index is 636. The van der Waals surface area contributed by atoms with Crippen molar-refractivity contribution in [3.8, 4) is 0 Å². The summed E-state index contributed by atoms with van der Waals surface area (Å²) in [7, 11) is 1.79. The van der Waals surface area contributed by atoms with E-state index in [0.29, 0.717) is 24.5 Å². The van der Waals surface area contributed by atoms with Gasteiger partial charge in [0.05, 0.1) is 17.9 Å². The molecule has 2 rings (SSSR count). The van der Waals surface area contributed by atoms with Gasteiger partial charge in [0.25, 0.3) is 5.91 Å². The molecule has 116 valence electrons. The quantitative estimate of drug-likeness (QED) is 0.660. The third-order valence-electron chi connectivity index (χ3n) is 3.02. The highest BCUT2D eigenvalue weighted by Crippen LogP contribution is 2.12. The van der Waals surface area contributed by atoms with Gasteiger partial charge in [-0.1, -0.05) is 6.08 Å². The largest absolute Gasteiger partial charge is 0.386 e. The normalized spacial score (nSPS) is 11.7. The van der Waals surface area contributed by atoms with Crippen molar-refractivity contribution in [3.63, 3.8) is 0 Å². The van der Waals surface area contributed by atoms with E-state index in [9.17, 15) is 9.90 Å². The molecule has 1 unspecified atom stereocenters. The molecule has 0 saturated heterocycles. The summed E-state index contributed by atoms with van der Waals surface area (Å²) in [5, 5.41) is 19.7. The molecule has 0 bridgehead atoms. The number of anilines is 1. The predicted octanol–water partition coefficient (Wildman–Crippen LogP) is 0.876. The Kier molecular flexibility index (Phi) is 5.26. The molecular formula is C15H19N5O2. The van der Waals surface area contributed by atoms with Crippen LogP contribution in [0.1, 0.15) is 22.0 Å². The molecule has 1 amide bonds. The topological polar surface area (TPSA) is 92.1 Å². The van der Waals surface area contributed by atoms with E-state index in [4.69, 9.17) is 0 Å². The van der Waals surface area contributed by atoms with Crippen molar-refractivity contribution in [2.75, 3.05) is 18.4 Å². The number of aliphatic hydroxyl groups is 1. The number of rotatable bonds is 7. The monoisotopic (exact) mass is 301 g/mol. The van der Waals surface area contributed by atoms with Crippen molar-refractivity contribution < 1.29 is 9.90 Å². The van der Waals surface area contributed by atoms with Gasteiger partial charge in [0.2, 0.25) is 0 Å². The third-order valence-corrected chi connectivity index (χ3v) is 3.02. The highest BCUT2D eigenvalue weighted by molar-refractivity contribution is 5.94. The van der Waals surface area contributed by atoms with Crippen LogP contribution in [-0.4, -0.2) is 38.9 Å². The molecule has 0 aliphatic rings. The van der Waals surface area contributed by atoms with Gasteiger partial charge in [0.15, 0.2) is 0 Å². The number of amides is 1. The number of aromatic nitrogens is 3. The van der Waals surface area contributed by atoms with E-state index in [-0.39, 0.29) is 5.91 Å². The number of hydrogen-bond acceptors (Lipinski definition) is 5. The molecule has 0 aliphatic carbocycles. The fourth-order valence-corrected chi connectivity index (χ4v) is 1.83. The first-order valence-electron chi connectivity index (χ1n) is 6.85. The van der Waals surface area contributed by atoms with Crippen LogP contribution in [0.4, 0.5) is 5.82 Å². The van der Waals surface area contributed by atoms with E-state index in [1.807, 2.05) is 0 Å². The fraction of sp³-hybridized carbons (Fsp3) is 0.267. The summed E-state index contributed by atoms with van der Waals surface area (Å²) in [6.45, 7) is 4.26. The molecule has 7 heteroatoms. The maximum atomic E-state index is 11.7. The Labute approximate surface area is 128 Å². The summed E-state index contributed by atoms with van der Waals surface area (Å²) in [4.78, 5) is 15.8.